The van der Waals surface area contributed by atoms with E-state index in [4.69, 9.17) is 4.74 Å². The topological polar surface area (TPSA) is 26.3 Å². The standard InChI is InChI=1S/C19H25BrO2/c1-17(16(21)22-3)9-14-10-18(2,20)13-19(11-14,12-17)15-7-5-4-6-8-15/h4-8,14H,9-13H2,1-3H3. The number of fused-ring (bicyclic) bond motifs is 2. The number of alkyl halides is 1. The lowest BCUT2D eigenvalue weighted by Gasteiger charge is -2.56. The second kappa shape index (κ2) is 5.36. The van der Waals surface area contributed by atoms with E-state index in [9.17, 15) is 4.79 Å². The summed E-state index contributed by atoms with van der Waals surface area (Å²) in [5, 5.41) is 0. The zero-order valence-electron chi connectivity index (χ0n) is 13.7. The number of carbonyl (C=O) groups excluding carboxylic acids is 1. The molecule has 3 rings (SSSR count). The third-order valence-corrected chi connectivity index (χ3v) is 6.24. The van der Waals surface area contributed by atoms with Gasteiger partial charge in [0.1, 0.15) is 0 Å². The van der Waals surface area contributed by atoms with E-state index in [0.29, 0.717) is 5.92 Å². The van der Waals surface area contributed by atoms with Gasteiger partial charge in [-0.1, -0.05) is 46.3 Å². The molecule has 0 saturated heterocycles. The summed E-state index contributed by atoms with van der Waals surface area (Å²) in [6, 6.07) is 10.8. The minimum Gasteiger partial charge on any atom is -0.469 e. The van der Waals surface area contributed by atoms with Crippen molar-refractivity contribution < 1.29 is 9.53 Å². The van der Waals surface area contributed by atoms with Gasteiger partial charge in [-0.05, 0) is 62.8 Å². The molecule has 0 radical (unpaired) electrons. The first kappa shape index (κ1) is 16.0. The van der Waals surface area contributed by atoms with Crippen LogP contribution in [0.1, 0.15) is 51.5 Å². The third-order valence-electron chi connectivity index (χ3n) is 5.63. The number of hydrogen-bond acceptors (Lipinski definition) is 2. The molecule has 1 aromatic rings. The van der Waals surface area contributed by atoms with Gasteiger partial charge in [0.25, 0.3) is 0 Å². The fourth-order valence-corrected chi connectivity index (χ4v) is 6.32. The van der Waals surface area contributed by atoms with Crippen LogP contribution in [0.3, 0.4) is 0 Å². The summed E-state index contributed by atoms with van der Waals surface area (Å²) >= 11 is 3.96. The molecule has 0 spiro atoms. The van der Waals surface area contributed by atoms with Gasteiger partial charge in [0.15, 0.2) is 0 Å². The molecule has 1 aromatic carbocycles. The molecular weight excluding hydrogens is 340 g/mol. The van der Waals surface area contributed by atoms with Crippen LogP contribution >= 0.6 is 15.9 Å². The summed E-state index contributed by atoms with van der Waals surface area (Å²) in [6.07, 6.45) is 5.22. The Morgan fingerprint density at radius 3 is 2.45 bits per heavy atom. The monoisotopic (exact) mass is 364 g/mol. The van der Waals surface area contributed by atoms with E-state index in [1.165, 1.54) is 19.1 Å². The fourth-order valence-electron chi connectivity index (χ4n) is 5.33. The maximum atomic E-state index is 12.4. The molecule has 2 aliphatic rings. The molecular formula is C19H25BrO2. The highest BCUT2D eigenvalue weighted by molar-refractivity contribution is 9.10. The van der Waals surface area contributed by atoms with Gasteiger partial charge in [0.05, 0.1) is 12.5 Å². The van der Waals surface area contributed by atoms with Gasteiger partial charge in [-0.3, -0.25) is 4.79 Å². The lowest BCUT2D eigenvalue weighted by atomic mass is 9.50. The van der Waals surface area contributed by atoms with Gasteiger partial charge >= 0.3 is 5.97 Å². The molecule has 2 fully saturated rings. The molecule has 4 unspecified atom stereocenters. The number of benzene rings is 1. The molecule has 0 N–H and O–H groups in total. The Labute approximate surface area is 141 Å². The Bertz CT molecular complexity index is 568. The summed E-state index contributed by atoms with van der Waals surface area (Å²) in [7, 11) is 1.52. The maximum Gasteiger partial charge on any atom is 0.311 e. The van der Waals surface area contributed by atoms with Crippen molar-refractivity contribution in [2.24, 2.45) is 11.3 Å². The van der Waals surface area contributed by atoms with E-state index < -0.39 is 0 Å². The molecule has 120 valence electrons. The minimum absolute atomic E-state index is 0.0457. The highest BCUT2D eigenvalue weighted by atomic mass is 79.9. The quantitative estimate of drug-likeness (QED) is 0.553. The number of ether oxygens (including phenoxy) is 1. The van der Waals surface area contributed by atoms with Crippen molar-refractivity contribution in [3.05, 3.63) is 35.9 Å². The fraction of sp³-hybridized carbons (Fsp3) is 0.632. The smallest absolute Gasteiger partial charge is 0.311 e. The second-order valence-corrected chi connectivity index (χ2v) is 9.86. The van der Waals surface area contributed by atoms with Crippen LogP contribution in [-0.2, 0) is 14.9 Å². The van der Waals surface area contributed by atoms with Gasteiger partial charge in [-0.25, -0.2) is 0 Å². The van der Waals surface area contributed by atoms with Crippen LogP contribution in [-0.4, -0.2) is 17.4 Å². The Balaban J connectivity index is 2.05. The van der Waals surface area contributed by atoms with Gasteiger partial charge < -0.3 is 4.74 Å². The van der Waals surface area contributed by atoms with E-state index >= 15 is 0 Å². The second-order valence-electron chi connectivity index (χ2n) is 7.94. The number of hydrogen-bond donors (Lipinski definition) is 0. The Morgan fingerprint density at radius 2 is 1.82 bits per heavy atom. The van der Waals surface area contributed by atoms with E-state index in [1.807, 2.05) is 0 Å². The molecule has 0 amide bonds. The van der Waals surface area contributed by atoms with Gasteiger partial charge in [0.2, 0.25) is 0 Å². The number of esters is 1. The van der Waals surface area contributed by atoms with Crippen LogP contribution in [0.25, 0.3) is 0 Å². The van der Waals surface area contributed by atoms with Crippen molar-refractivity contribution in [3.8, 4) is 0 Å². The Kier molecular flexibility index (Phi) is 3.91. The van der Waals surface area contributed by atoms with Crippen molar-refractivity contribution in [1.29, 1.82) is 0 Å². The maximum absolute atomic E-state index is 12.4. The summed E-state index contributed by atoms with van der Waals surface area (Å²) in [5.41, 5.74) is 1.08. The number of halogens is 1. The summed E-state index contributed by atoms with van der Waals surface area (Å²) in [4.78, 5) is 12.4. The van der Waals surface area contributed by atoms with Crippen molar-refractivity contribution in [2.45, 2.75) is 55.7 Å². The molecule has 4 atom stereocenters. The first-order valence-corrected chi connectivity index (χ1v) is 8.91. The van der Waals surface area contributed by atoms with E-state index in [2.05, 4.69) is 60.1 Å². The van der Waals surface area contributed by atoms with Gasteiger partial charge in [-0.15, -0.1) is 0 Å². The minimum atomic E-state index is -0.364. The average molecular weight is 365 g/mol. The summed E-state index contributed by atoms with van der Waals surface area (Å²) in [5.74, 6) is 0.520. The van der Waals surface area contributed by atoms with Crippen molar-refractivity contribution in [1.82, 2.24) is 0 Å². The van der Waals surface area contributed by atoms with E-state index in [0.717, 1.165) is 25.7 Å². The third kappa shape index (κ3) is 2.73. The molecule has 2 saturated carbocycles. The van der Waals surface area contributed by atoms with Crippen molar-refractivity contribution in [3.63, 3.8) is 0 Å². The predicted octanol–water partition coefficient (Wildman–Crippen LogP) is 4.85. The Hall–Kier alpha value is -0.830. The van der Waals surface area contributed by atoms with Gasteiger partial charge in [-0.2, -0.15) is 0 Å². The van der Waals surface area contributed by atoms with Crippen LogP contribution in [0.5, 0.6) is 0 Å². The van der Waals surface area contributed by atoms with Crippen molar-refractivity contribution >= 4 is 21.9 Å². The molecule has 2 aliphatic carbocycles. The van der Waals surface area contributed by atoms with Crippen LogP contribution in [0.15, 0.2) is 30.3 Å². The van der Waals surface area contributed by atoms with Gasteiger partial charge in [0, 0.05) is 4.32 Å². The molecule has 2 bridgehead atoms. The first-order chi connectivity index (χ1) is 10.3. The lowest BCUT2D eigenvalue weighted by molar-refractivity contribution is -0.158. The SMILES string of the molecule is COC(=O)C1(C)CC2CC(C)(Br)CC(c3ccccc3)(C2)C1. The first-order valence-electron chi connectivity index (χ1n) is 8.12. The average Bonchev–Trinajstić information content (AvgIpc) is 2.44. The number of carbonyl (C=O) groups is 1. The Morgan fingerprint density at radius 1 is 1.14 bits per heavy atom. The summed E-state index contributed by atoms with van der Waals surface area (Å²) < 4.78 is 5.30. The summed E-state index contributed by atoms with van der Waals surface area (Å²) in [6.45, 7) is 4.40. The normalized spacial score (nSPS) is 41.0. The largest absolute Gasteiger partial charge is 0.469 e. The number of rotatable bonds is 2. The zero-order chi connectivity index (χ0) is 16.0. The predicted molar refractivity (Wildman–Crippen MR) is 92.2 cm³/mol. The number of methoxy groups -OCH3 is 1. The zero-order valence-corrected chi connectivity index (χ0v) is 15.3. The molecule has 2 nitrogen and oxygen atoms in total. The molecule has 3 heteroatoms. The van der Waals surface area contributed by atoms with Crippen LogP contribution in [0.4, 0.5) is 0 Å². The highest BCUT2D eigenvalue weighted by Gasteiger charge is 2.56. The van der Waals surface area contributed by atoms with Crippen LogP contribution in [0.2, 0.25) is 0 Å². The lowest BCUT2D eigenvalue weighted by Crippen LogP contribution is -2.52. The van der Waals surface area contributed by atoms with E-state index in [-0.39, 0.29) is 21.1 Å². The molecule has 0 aromatic heterocycles. The molecule has 22 heavy (non-hydrogen) atoms. The molecule has 0 aliphatic heterocycles. The van der Waals surface area contributed by atoms with Crippen molar-refractivity contribution in [2.75, 3.05) is 7.11 Å². The molecule has 0 heterocycles. The van der Waals surface area contributed by atoms with E-state index in [1.54, 1.807) is 0 Å². The van der Waals surface area contributed by atoms with Crippen LogP contribution < -0.4 is 0 Å². The van der Waals surface area contributed by atoms with Crippen LogP contribution in [0, 0.1) is 11.3 Å². The highest BCUT2D eigenvalue weighted by Crippen LogP contribution is 2.60.